The van der Waals surface area contributed by atoms with E-state index in [2.05, 4.69) is 58.9 Å². The normalized spacial score (nSPS) is 16.0. The van der Waals surface area contributed by atoms with Crippen LogP contribution in [-0.2, 0) is 0 Å². The number of nitrogens with zero attached hydrogens (tertiary/aromatic N) is 1. The Kier molecular flexibility index (Phi) is 8.89. The molecule has 0 aromatic heterocycles. The van der Waals surface area contributed by atoms with Crippen molar-refractivity contribution < 1.29 is 0 Å². The minimum absolute atomic E-state index is 0.304. The summed E-state index contributed by atoms with van der Waals surface area (Å²) < 4.78 is 0. The number of rotatable bonds is 10. The summed E-state index contributed by atoms with van der Waals surface area (Å²) in [4.78, 5) is 2.44. The number of likely N-dealkylation sites (N-methyl/N-ethyl adjacent to an activating group) is 2. The van der Waals surface area contributed by atoms with Gasteiger partial charge in [-0.3, -0.25) is 0 Å². The van der Waals surface area contributed by atoms with Gasteiger partial charge in [-0.15, -0.1) is 0 Å². The molecular weight excluding hydrogens is 220 g/mol. The van der Waals surface area contributed by atoms with Crippen molar-refractivity contribution in [2.24, 2.45) is 5.92 Å². The van der Waals surface area contributed by atoms with Crippen molar-refractivity contribution in [2.75, 3.05) is 20.6 Å². The molecule has 0 saturated carbocycles. The molecule has 18 heavy (non-hydrogen) atoms. The molecule has 0 aliphatic rings. The third-order valence-corrected chi connectivity index (χ3v) is 4.63. The van der Waals surface area contributed by atoms with Crippen molar-refractivity contribution in [3.05, 3.63) is 0 Å². The zero-order chi connectivity index (χ0) is 14.2. The van der Waals surface area contributed by atoms with Crippen LogP contribution in [-0.4, -0.2) is 37.1 Å². The Balaban J connectivity index is 4.91. The second-order valence-corrected chi connectivity index (χ2v) is 5.94. The fourth-order valence-corrected chi connectivity index (χ4v) is 3.44. The first-order valence-corrected chi connectivity index (χ1v) is 7.89. The molecular formula is C16H36N2. The molecule has 0 fully saturated rings. The SMILES string of the molecule is CCCC(C)CC(NCC)C(CC)(CC)N(C)C. The van der Waals surface area contributed by atoms with Crippen molar-refractivity contribution >= 4 is 0 Å². The Labute approximate surface area is 116 Å². The van der Waals surface area contributed by atoms with Crippen LogP contribution in [0.1, 0.15) is 66.7 Å². The quantitative estimate of drug-likeness (QED) is 0.637. The summed E-state index contributed by atoms with van der Waals surface area (Å²) in [6, 6.07) is 0.606. The zero-order valence-electron chi connectivity index (χ0n) is 13.8. The van der Waals surface area contributed by atoms with Gasteiger partial charge in [-0.2, -0.15) is 0 Å². The van der Waals surface area contributed by atoms with Crippen LogP contribution < -0.4 is 5.32 Å². The Hall–Kier alpha value is -0.0800. The monoisotopic (exact) mass is 256 g/mol. The molecule has 110 valence electrons. The summed E-state index contributed by atoms with van der Waals surface area (Å²) in [7, 11) is 4.48. The summed E-state index contributed by atoms with van der Waals surface area (Å²) >= 11 is 0. The lowest BCUT2D eigenvalue weighted by Crippen LogP contribution is -2.59. The van der Waals surface area contributed by atoms with Gasteiger partial charge in [-0.25, -0.2) is 0 Å². The van der Waals surface area contributed by atoms with E-state index in [0.717, 1.165) is 12.5 Å². The Morgan fingerprint density at radius 1 is 1.06 bits per heavy atom. The molecule has 0 spiro atoms. The Bertz CT molecular complexity index is 197. The smallest absolute Gasteiger partial charge is 0.0351 e. The van der Waals surface area contributed by atoms with Crippen molar-refractivity contribution in [1.29, 1.82) is 0 Å². The first kappa shape index (κ1) is 17.9. The zero-order valence-corrected chi connectivity index (χ0v) is 13.8. The summed E-state index contributed by atoms with van der Waals surface area (Å²) in [5.74, 6) is 0.816. The number of nitrogens with one attached hydrogen (secondary N) is 1. The molecule has 0 aliphatic carbocycles. The minimum Gasteiger partial charge on any atom is -0.312 e. The van der Waals surface area contributed by atoms with Crippen LogP contribution in [0.25, 0.3) is 0 Å². The van der Waals surface area contributed by atoms with E-state index in [4.69, 9.17) is 0 Å². The Morgan fingerprint density at radius 2 is 1.61 bits per heavy atom. The second kappa shape index (κ2) is 8.92. The third-order valence-electron chi connectivity index (χ3n) is 4.63. The van der Waals surface area contributed by atoms with Gasteiger partial charge in [-0.05, 0) is 45.8 Å². The first-order valence-electron chi connectivity index (χ1n) is 7.89. The summed E-state index contributed by atoms with van der Waals surface area (Å²) in [5, 5.41) is 3.75. The molecule has 1 N–H and O–H groups in total. The average molecular weight is 256 g/mol. The molecule has 2 heteroatoms. The molecule has 0 aromatic carbocycles. The van der Waals surface area contributed by atoms with Crippen LogP contribution in [0.3, 0.4) is 0 Å². The highest BCUT2D eigenvalue weighted by Gasteiger charge is 2.37. The molecule has 2 unspecified atom stereocenters. The van der Waals surface area contributed by atoms with E-state index in [1.54, 1.807) is 0 Å². The average Bonchev–Trinajstić information content (AvgIpc) is 2.31. The standard InChI is InChI=1S/C16H36N2/c1-8-12-14(5)13-15(17-11-4)16(9-2,10-3)18(6)7/h14-15,17H,8-13H2,1-7H3. The van der Waals surface area contributed by atoms with Crippen LogP contribution in [0.4, 0.5) is 0 Å². The summed E-state index contributed by atoms with van der Waals surface area (Å²) in [5.41, 5.74) is 0.304. The minimum atomic E-state index is 0.304. The molecule has 2 nitrogen and oxygen atoms in total. The Morgan fingerprint density at radius 3 is 1.94 bits per heavy atom. The molecule has 0 saturated heterocycles. The van der Waals surface area contributed by atoms with Gasteiger partial charge in [0, 0.05) is 11.6 Å². The van der Waals surface area contributed by atoms with Gasteiger partial charge in [0.15, 0.2) is 0 Å². The van der Waals surface area contributed by atoms with Gasteiger partial charge in [0.25, 0.3) is 0 Å². The van der Waals surface area contributed by atoms with E-state index in [1.165, 1.54) is 32.1 Å². The van der Waals surface area contributed by atoms with Crippen LogP contribution in [0, 0.1) is 5.92 Å². The molecule has 0 aromatic rings. The second-order valence-electron chi connectivity index (χ2n) is 5.94. The van der Waals surface area contributed by atoms with Crippen LogP contribution in [0.2, 0.25) is 0 Å². The molecule has 0 radical (unpaired) electrons. The molecule has 0 bridgehead atoms. The maximum Gasteiger partial charge on any atom is 0.0351 e. The van der Waals surface area contributed by atoms with E-state index >= 15 is 0 Å². The fourth-order valence-electron chi connectivity index (χ4n) is 3.44. The van der Waals surface area contributed by atoms with Gasteiger partial charge in [0.05, 0.1) is 0 Å². The van der Waals surface area contributed by atoms with E-state index in [-0.39, 0.29) is 0 Å². The van der Waals surface area contributed by atoms with Gasteiger partial charge in [0.2, 0.25) is 0 Å². The summed E-state index contributed by atoms with van der Waals surface area (Å²) in [6.45, 7) is 12.6. The van der Waals surface area contributed by atoms with Crippen molar-refractivity contribution in [3.63, 3.8) is 0 Å². The predicted molar refractivity (Wildman–Crippen MR) is 83.2 cm³/mol. The lowest BCUT2D eigenvalue weighted by atomic mass is 9.78. The van der Waals surface area contributed by atoms with E-state index < -0.39 is 0 Å². The van der Waals surface area contributed by atoms with Gasteiger partial charge in [-0.1, -0.05) is 47.5 Å². The highest BCUT2D eigenvalue weighted by Crippen LogP contribution is 2.30. The van der Waals surface area contributed by atoms with Crippen molar-refractivity contribution in [1.82, 2.24) is 10.2 Å². The molecule has 0 amide bonds. The van der Waals surface area contributed by atoms with E-state index in [0.29, 0.717) is 11.6 Å². The van der Waals surface area contributed by atoms with Crippen molar-refractivity contribution in [2.45, 2.75) is 78.3 Å². The molecule has 0 aliphatic heterocycles. The van der Waals surface area contributed by atoms with Crippen LogP contribution >= 0.6 is 0 Å². The van der Waals surface area contributed by atoms with Crippen molar-refractivity contribution in [3.8, 4) is 0 Å². The topological polar surface area (TPSA) is 15.3 Å². The fraction of sp³-hybridized carbons (Fsp3) is 1.00. The van der Waals surface area contributed by atoms with Gasteiger partial charge in [0.1, 0.15) is 0 Å². The highest BCUT2D eigenvalue weighted by molar-refractivity contribution is 4.97. The maximum atomic E-state index is 3.75. The van der Waals surface area contributed by atoms with Gasteiger partial charge >= 0.3 is 0 Å². The first-order chi connectivity index (χ1) is 8.48. The van der Waals surface area contributed by atoms with E-state index in [9.17, 15) is 0 Å². The maximum absolute atomic E-state index is 3.75. The van der Waals surface area contributed by atoms with Gasteiger partial charge < -0.3 is 10.2 Å². The van der Waals surface area contributed by atoms with Crippen LogP contribution in [0.15, 0.2) is 0 Å². The molecule has 0 heterocycles. The predicted octanol–water partition coefficient (Wildman–Crippen LogP) is 3.91. The number of hydrogen-bond acceptors (Lipinski definition) is 2. The summed E-state index contributed by atoms with van der Waals surface area (Å²) in [6.07, 6.45) is 6.37. The van der Waals surface area contributed by atoms with E-state index in [1.807, 2.05) is 0 Å². The lowest BCUT2D eigenvalue weighted by Gasteiger charge is -2.46. The molecule has 2 atom stereocenters. The molecule has 0 rings (SSSR count). The van der Waals surface area contributed by atoms with Crippen LogP contribution in [0.5, 0.6) is 0 Å². The number of hydrogen-bond donors (Lipinski definition) is 1. The largest absolute Gasteiger partial charge is 0.312 e. The lowest BCUT2D eigenvalue weighted by molar-refractivity contribution is 0.0770. The third kappa shape index (κ3) is 4.55. The highest BCUT2D eigenvalue weighted by atomic mass is 15.2.